The second-order valence-electron chi connectivity index (χ2n) is 5.35. The van der Waals surface area contributed by atoms with E-state index in [0.29, 0.717) is 0 Å². The van der Waals surface area contributed by atoms with Crippen molar-refractivity contribution in [2.75, 3.05) is 0 Å². The van der Waals surface area contributed by atoms with Gasteiger partial charge in [-0.3, -0.25) is 4.79 Å². The Labute approximate surface area is 112 Å². The Hall–Kier alpha value is -2.03. The van der Waals surface area contributed by atoms with E-state index >= 15 is 0 Å². The second-order valence-corrected chi connectivity index (χ2v) is 5.35. The predicted molar refractivity (Wildman–Crippen MR) is 73.0 cm³/mol. The zero-order valence-corrected chi connectivity index (χ0v) is 10.9. The van der Waals surface area contributed by atoms with Gasteiger partial charge in [0, 0.05) is 18.4 Å². The highest BCUT2D eigenvalue weighted by Crippen LogP contribution is 2.55. The smallest absolute Gasteiger partial charge is 0.314 e. The summed E-state index contributed by atoms with van der Waals surface area (Å²) in [6.45, 7) is 2.83. The lowest BCUT2D eigenvalue weighted by atomic mass is 9.93. The molecule has 0 saturated heterocycles. The summed E-state index contributed by atoms with van der Waals surface area (Å²) in [6.07, 6.45) is 2.75. The number of carboxylic acid groups (broad SMARTS) is 1. The van der Waals surface area contributed by atoms with Gasteiger partial charge in [0.15, 0.2) is 0 Å². The molecule has 0 bridgehead atoms. The van der Waals surface area contributed by atoms with Crippen molar-refractivity contribution in [1.29, 1.82) is 0 Å². The molecule has 0 amide bonds. The number of hydrogen-bond donors (Lipinski definition) is 1. The highest BCUT2D eigenvalue weighted by Gasteiger charge is 2.61. The molecular formula is C16H17NO2. The van der Waals surface area contributed by atoms with Crippen molar-refractivity contribution in [1.82, 2.24) is 4.57 Å². The molecule has 3 heteroatoms. The fraction of sp³-hybridized carbons (Fsp3) is 0.312. The zero-order valence-electron chi connectivity index (χ0n) is 10.9. The number of carboxylic acids is 1. The summed E-state index contributed by atoms with van der Waals surface area (Å²) in [7, 11) is 0. The van der Waals surface area contributed by atoms with Gasteiger partial charge in [-0.15, -0.1) is 0 Å². The van der Waals surface area contributed by atoms with E-state index in [9.17, 15) is 9.90 Å². The number of aliphatic carboxylic acids is 1. The zero-order chi connectivity index (χ0) is 13.5. The van der Waals surface area contributed by atoms with Gasteiger partial charge >= 0.3 is 5.97 Å². The summed E-state index contributed by atoms with van der Waals surface area (Å²) in [6, 6.07) is 13.7. The molecule has 19 heavy (non-hydrogen) atoms. The lowest BCUT2D eigenvalue weighted by Crippen LogP contribution is -2.24. The first-order valence-electron chi connectivity index (χ1n) is 6.55. The normalized spacial score (nSPS) is 25.2. The van der Waals surface area contributed by atoms with Gasteiger partial charge in [0.05, 0.1) is 5.41 Å². The van der Waals surface area contributed by atoms with E-state index < -0.39 is 11.4 Å². The van der Waals surface area contributed by atoms with Crippen LogP contribution in [0.4, 0.5) is 0 Å². The van der Waals surface area contributed by atoms with Crippen LogP contribution in [-0.4, -0.2) is 15.6 Å². The van der Waals surface area contributed by atoms with Crippen LogP contribution in [0.3, 0.4) is 0 Å². The standard InChI is InChI=1S/C16H17NO2/c1-12-6-5-9-17(12)11-14-10-16(14,15(18)19)13-7-3-2-4-8-13/h2-9,14H,10-11H2,1H3,(H,18,19)/t14-,16+/m0/s1. The van der Waals surface area contributed by atoms with E-state index in [4.69, 9.17) is 0 Å². The molecule has 2 aromatic rings. The molecule has 1 aromatic heterocycles. The van der Waals surface area contributed by atoms with Crippen LogP contribution in [0.2, 0.25) is 0 Å². The Morgan fingerprint density at radius 3 is 2.63 bits per heavy atom. The van der Waals surface area contributed by atoms with E-state index in [2.05, 4.69) is 4.57 Å². The van der Waals surface area contributed by atoms with Crippen molar-refractivity contribution in [3.63, 3.8) is 0 Å². The average Bonchev–Trinajstić information content (AvgIpc) is 3.01. The van der Waals surface area contributed by atoms with Crippen molar-refractivity contribution >= 4 is 5.97 Å². The number of aryl methyl sites for hydroxylation is 1. The topological polar surface area (TPSA) is 42.2 Å². The number of rotatable bonds is 4. The molecule has 3 nitrogen and oxygen atoms in total. The summed E-state index contributed by atoms with van der Waals surface area (Å²) in [5.74, 6) is -0.521. The molecule has 1 aliphatic rings. The minimum Gasteiger partial charge on any atom is -0.481 e. The van der Waals surface area contributed by atoms with Crippen LogP contribution in [0, 0.1) is 12.8 Å². The summed E-state index contributed by atoms with van der Waals surface area (Å²) >= 11 is 0. The largest absolute Gasteiger partial charge is 0.481 e. The van der Waals surface area contributed by atoms with Crippen LogP contribution < -0.4 is 0 Å². The Balaban J connectivity index is 1.87. The summed E-state index contributed by atoms with van der Waals surface area (Å²) in [4.78, 5) is 11.7. The van der Waals surface area contributed by atoms with Crippen molar-refractivity contribution in [2.45, 2.75) is 25.3 Å². The maximum Gasteiger partial charge on any atom is 0.314 e. The molecule has 3 rings (SSSR count). The van der Waals surface area contributed by atoms with Crippen LogP contribution in [-0.2, 0) is 16.8 Å². The van der Waals surface area contributed by atoms with Crippen LogP contribution in [0.1, 0.15) is 17.7 Å². The molecule has 1 N–H and O–H groups in total. The van der Waals surface area contributed by atoms with Crippen molar-refractivity contribution < 1.29 is 9.90 Å². The lowest BCUT2D eigenvalue weighted by Gasteiger charge is -2.14. The first-order chi connectivity index (χ1) is 9.14. The Kier molecular flexibility index (Phi) is 2.70. The number of carbonyl (C=O) groups is 1. The van der Waals surface area contributed by atoms with Gasteiger partial charge in [0.1, 0.15) is 0 Å². The van der Waals surface area contributed by atoms with Crippen LogP contribution in [0.25, 0.3) is 0 Å². The van der Waals surface area contributed by atoms with Gasteiger partial charge in [-0.25, -0.2) is 0 Å². The van der Waals surface area contributed by atoms with Crippen molar-refractivity contribution in [3.8, 4) is 0 Å². The van der Waals surface area contributed by atoms with E-state index in [-0.39, 0.29) is 5.92 Å². The Bertz CT molecular complexity index is 602. The van der Waals surface area contributed by atoms with Crippen LogP contribution in [0.15, 0.2) is 48.7 Å². The number of nitrogens with zero attached hydrogens (tertiary/aromatic N) is 1. The highest BCUT2D eigenvalue weighted by molar-refractivity contribution is 5.85. The fourth-order valence-corrected chi connectivity index (χ4v) is 2.97. The van der Waals surface area contributed by atoms with Crippen molar-refractivity contribution in [3.05, 3.63) is 59.9 Å². The average molecular weight is 255 g/mol. The summed E-state index contributed by atoms with van der Waals surface area (Å²) < 4.78 is 2.14. The molecule has 1 heterocycles. The molecule has 0 unspecified atom stereocenters. The van der Waals surface area contributed by atoms with E-state index in [1.807, 2.05) is 55.6 Å². The van der Waals surface area contributed by atoms with Crippen molar-refractivity contribution in [2.24, 2.45) is 5.92 Å². The molecule has 0 radical (unpaired) electrons. The highest BCUT2D eigenvalue weighted by atomic mass is 16.4. The molecule has 2 atom stereocenters. The minimum absolute atomic E-state index is 0.179. The summed E-state index contributed by atoms with van der Waals surface area (Å²) in [5, 5.41) is 9.62. The van der Waals surface area contributed by atoms with Gasteiger partial charge in [0.2, 0.25) is 0 Å². The molecular weight excluding hydrogens is 238 g/mol. The second kappa shape index (κ2) is 4.26. The monoisotopic (exact) mass is 255 g/mol. The minimum atomic E-state index is -0.700. The van der Waals surface area contributed by atoms with E-state index in [1.54, 1.807) is 0 Å². The van der Waals surface area contributed by atoms with Gasteiger partial charge in [-0.2, -0.15) is 0 Å². The first-order valence-corrected chi connectivity index (χ1v) is 6.55. The molecule has 0 spiro atoms. The predicted octanol–water partition coefficient (Wildman–Crippen LogP) is 2.84. The molecule has 98 valence electrons. The van der Waals surface area contributed by atoms with E-state index in [0.717, 1.165) is 18.5 Å². The number of aromatic nitrogens is 1. The van der Waals surface area contributed by atoms with Gasteiger partial charge < -0.3 is 9.67 Å². The van der Waals surface area contributed by atoms with Crippen LogP contribution >= 0.6 is 0 Å². The Morgan fingerprint density at radius 1 is 1.32 bits per heavy atom. The third-order valence-electron chi connectivity index (χ3n) is 4.25. The quantitative estimate of drug-likeness (QED) is 0.912. The van der Waals surface area contributed by atoms with Gasteiger partial charge in [0.25, 0.3) is 0 Å². The van der Waals surface area contributed by atoms with Gasteiger partial charge in [-0.1, -0.05) is 30.3 Å². The molecule has 1 aliphatic carbocycles. The first kappa shape index (κ1) is 12.0. The number of benzene rings is 1. The maximum absolute atomic E-state index is 11.7. The SMILES string of the molecule is Cc1cccn1C[C@@H]1C[C@@]1(C(=O)O)c1ccccc1. The van der Waals surface area contributed by atoms with E-state index in [1.165, 1.54) is 5.69 Å². The lowest BCUT2D eigenvalue weighted by molar-refractivity contribution is -0.140. The third-order valence-corrected chi connectivity index (χ3v) is 4.25. The summed E-state index contributed by atoms with van der Waals surface area (Å²) in [5.41, 5.74) is 1.43. The third kappa shape index (κ3) is 1.86. The Morgan fingerprint density at radius 2 is 2.05 bits per heavy atom. The molecule has 1 fully saturated rings. The molecule has 1 saturated carbocycles. The molecule has 0 aliphatic heterocycles. The number of hydrogen-bond acceptors (Lipinski definition) is 1. The van der Waals surface area contributed by atoms with Gasteiger partial charge in [-0.05, 0) is 37.0 Å². The molecule has 1 aromatic carbocycles. The van der Waals surface area contributed by atoms with Crippen LogP contribution in [0.5, 0.6) is 0 Å². The maximum atomic E-state index is 11.7. The fourth-order valence-electron chi connectivity index (χ4n) is 2.97.